The minimum atomic E-state index is -0.712. The molecule has 0 aliphatic heterocycles. The van der Waals surface area contributed by atoms with Crippen LogP contribution in [-0.2, 0) is 0 Å². The Morgan fingerprint density at radius 3 is 2.62 bits per heavy atom. The van der Waals surface area contributed by atoms with Crippen LogP contribution < -0.4 is 15.5 Å². The van der Waals surface area contributed by atoms with Gasteiger partial charge in [-0.15, -0.1) is 0 Å². The van der Waals surface area contributed by atoms with Crippen molar-refractivity contribution in [3.8, 4) is 11.5 Å². The molecule has 0 bridgehead atoms. The fourth-order valence-corrected chi connectivity index (χ4v) is 1.77. The number of nitrogens with one attached hydrogen (secondary N) is 2. The zero-order chi connectivity index (χ0) is 17.5. The van der Waals surface area contributed by atoms with Crippen molar-refractivity contribution in [3.05, 3.63) is 58.1 Å². The summed E-state index contributed by atoms with van der Waals surface area (Å²) < 4.78 is 5.01. The Labute approximate surface area is 136 Å². The molecule has 0 saturated heterocycles. The standard InChI is InChI=1S/C15H14N4O5/c1-24-12-5-3-11(4-6-12)17-15(21)18-16-9-10-2-7-14(20)13(8-10)19(22)23/h2-9,20H,1H3,(H2,17,18,21)/b16-9+. The molecular formula is C15H14N4O5. The van der Waals surface area contributed by atoms with Gasteiger partial charge in [-0.2, -0.15) is 5.10 Å². The number of nitro benzene ring substituents is 1. The molecule has 2 rings (SSSR count). The molecule has 2 aromatic rings. The third kappa shape index (κ3) is 4.44. The Kier molecular flexibility index (Phi) is 5.29. The maximum atomic E-state index is 11.7. The smallest absolute Gasteiger partial charge is 0.339 e. The molecular weight excluding hydrogens is 316 g/mol. The number of phenols is 1. The number of urea groups is 1. The molecule has 0 aromatic heterocycles. The van der Waals surface area contributed by atoms with Gasteiger partial charge in [-0.3, -0.25) is 10.1 Å². The van der Waals surface area contributed by atoms with Crippen LogP contribution in [-0.4, -0.2) is 29.4 Å². The van der Waals surface area contributed by atoms with Gasteiger partial charge in [0, 0.05) is 17.3 Å². The number of ether oxygens (including phenoxy) is 1. The fraction of sp³-hybridized carbons (Fsp3) is 0.0667. The molecule has 0 spiro atoms. The van der Waals surface area contributed by atoms with E-state index < -0.39 is 22.4 Å². The van der Waals surface area contributed by atoms with Gasteiger partial charge in [0.2, 0.25) is 0 Å². The average molecular weight is 330 g/mol. The first kappa shape index (κ1) is 16.7. The number of phenolic OH excluding ortho intramolecular Hbond substituents is 1. The number of hydrazone groups is 1. The number of carbonyl (C=O) groups excluding carboxylic acids is 1. The number of carbonyl (C=O) groups is 1. The van der Waals surface area contributed by atoms with E-state index in [1.54, 1.807) is 24.3 Å². The predicted octanol–water partition coefficient (Wildman–Crippen LogP) is 2.46. The lowest BCUT2D eigenvalue weighted by molar-refractivity contribution is -0.385. The molecule has 2 aromatic carbocycles. The lowest BCUT2D eigenvalue weighted by Crippen LogP contribution is -2.24. The number of rotatable bonds is 5. The summed E-state index contributed by atoms with van der Waals surface area (Å²) >= 11 is 0. The van der Waals surface area contributed by atoms with Gasteiger partial charge in [-0.25, -0.2) is 10.2 Å². The molecule has 0 fully saturated rings. The van der Waals surface area contributed by atoms with E-state index in [0.29, 0.717) is 17.0 Å². The van der Waals surface area contributed by atoms with Gasteiger partial charge in [-0.1, -0.05) is 0 Å². The summed E-state index contributed by atoms with van der Waals surface area (Å²) in [7, 11) is 1.54. The molecule has 0 unspecified atom stereocenters. The summed E-state index contributed by atoms with van der Waals surface area (Å²) in [6.07, 6.45) is 1.22. The molecule has 0 heterocycles. The summed E-state index contributed by atoms with van der Waals surface area (Å²) in [5.74, 6) is 0.218. The van der Waals surface area contributed by atoms with E-state index in [2.05, 4.69) is 15.8 Å². The van der Waals surface area contributed by atoms with Crippen molar-refractivity contribution in [3.63, 3.8) is 0 Å². The van der Waals surface area contributed by atoms with Gasteiger partial charge in [0.15, 0.2) is 5.75 Å². The van der Waals surface area contributed by atoms with Crippen LogP contribution in [0, 0.1) is 10.1 Å². The average Bonchev–Trinajstić information content (AvgIpc) is 2.57. The Morgan fingerprint density at radius 1 is 1.29 bits per heavy atom. The third-order valence-electron chi connectivity index (χ3n) is 2.92. The van der Waals surface area contributed by atoms with E-state index in [1.807, 2.05) is 0 Å². The van der Waals surface area contributed by atoms with Gasteiger partial charge in [-0.05, 0) is 36.4 Å². The molecule has 9 heteroatoms. The largest absolute Gasteiger partial charge is 0.502 e. The Morgan fingerprint density at radius 2 is 2.00 bits per heavy atom. The molecule has 0 atom stereocenters. The zero-order valence-electron chi connectivity index (χ0n) is 12.6. The molecule has 0 aliphatic rings. The van der Waals surface area contributed by atoms with Crippen LogP contribution >= 0.6 is 0 Å². The number of nitrogens with zero attached hydrogens (tertiary/aromatic N) is 2. The van der Waals surface area contributed by atoms with Crippen LogP contribution in [0.2, 0.25) is 0 Å². The van der Waals surface area contributed by atoms with E-state index in [4.69, 9.17) is 4.74 Å². The predicted molar refractivity (Wildman–Crippen MR) is 87.5 cm³/mol. The van der Waals surface area contributed by atoms with Gasteiger partial charge < -0.3 is 15.2 Å². The number of nitro groups is 1. The Hall–Kier alpha value is -3.62. The fourth-order valence-electron chi connectivity index (χ4n) is 1.77. The lowest BCUT2D eigenvalue weighted by Gasteiger charge is -2.05. The molecule has 124 valence electrons. The number of hydrogen-bond acceptors (Lipinski definition) is 6. The first-order valence-corrected chi connectivity index (χ1v) is 6.71. The summed E-state index contributed by atoms with van der Waals surface area (Å²) in [5.41, 5.74) is 2.68. The second-order valence-electron chi connectivity index (χ2n) is 4.56. The number of amides is 2. The topological polar surface area (TPSA) is 126 Å². The highest BCUT2D eigenvalue weighted by Crippen LogP contribution is 2.25. The van der Waals surface area contributed by atoms with E-state index >= 15 is 0 Å². The van der Waals surface area contributed by atoms with E-state index in [-0.39, 0.29) is 0 Å². The maximum Gasteiger partial charge on any atom is 0.339 e. The van der Waals surface area contributed by atoms with Crippen molar-refractivity contribution < 1.29 is 19.6 Å². The van der Waals surface area contributed by atoms with Crippen LogP contribution in [0.25, 0.3) is 0 Å². The number of anilines is 1. The molecule has 9 nitrogen and oxygen atoms in total. The highest BCUT2D eigenvalue weighted by atomic mass is 16.6. The normalized spacial score (nSPS) is 10.4. The monoisotopic (exact) mass is 330 g/mol. The van der Waals surface area contributed by atoms with Crippen molar-refractivity contribution in [2.45, 2.75) is 0 Å². The van der Waals surface area contributed by atoms with Gasteiger partial charge in [0.05, 0.1) is 18.2 Å². The van der Waals surface area contributed by atoms with Crippen LogP contribution in [0.15, 0.2) is 47.6 Å². The van der Waals surface area contributed by atoms with Gasteiger partial charge in [0.1, 0.15) is 5.75 Å². The number of hydrogen-bond donors (Lipinski definition) is 3. The van der Waals surface area contributed by atoms with E-state index in [0.717, 1.165) is 6.07 Å². The molecule has 3 N–H and O–H groups in total. The van der Waals surface area contributed by atoms with Gasteiger partial charge in [0.25, 0.3) is 0 Å². The van der Waals surface area contributed by atoms with Crippen molar-refractivity contribution in [2.24, 2.45) is 5.10 Å². The van der Waals surface area contributed by atoms with Crippen molar-refractivity contribution in [1.82, 2.24) is 5.43 Å². The number of methoxy groups -OCH3 is 1. The highest BCUT2D eigenvalue weighted by Gasteiger charge is 2.12. The quantitative estimate of drug-likeness (QED) is 0.441. The van der Waals surface area contributed by atoms with Crippen LogP contribution in [0.1, 0.15) is 5.56 Å². The second-order valence-corrected chi connectivity index (χ2v) is 4.56. The summed E-state index contributed by atoms with van der Waals surface area (Å²) in [5, 5.41) is 26.3. The Balaban J connectivity index is 1.94. The van der Waals surface area contributed by atoms with Crippen molar-refractivity contribution in [1.29, 1.82) is 0 Å². The number of benzene rings is 2. The molecule has 0 saturated carbocycles. The molecule has 24 heavy (non-hydrogen) atoms. The maximum absolute atomic E-state index is 11.7. The van der Waals surface area contributed by atoms with Crippen molar-refractivity contribution in [2.75, 3.05) is 12.4 Å². The van der Waals surface area contributed by atoms with Gasteiger partial charge >= 0.3 is 11.7 Å². The number of aromatic hydroxyl groups is 1. The highest BCUT2D eigenvalue weighted by molar-refractivity contribution is 5.90. The summed E-state index contributed by atoms with van der Waals surface area (Å²) in [6, 6.07) is 9.86. The lowest BCUT2D eigenvalue weighted by atomic mass is 10.2. The third-order valence-corrected chi connectivity index (χ3v) is 2.92. The first-order chi connectivity index (χ1) is 11.5. The van der Waals surface area contributed by atoms with E-state index in [9.17, 15) is 20.0 Å². The minimum absolute atomic E-state index is 0.351. The van der Waals surface area contributed by atoms with Crippen molar-refractivity contribution >= 4 is 23.6 Å². The van der Waals surface area contributed by atoms with Crippen LogP contribution in [0.5, 0.6) is 11.5 Å². The SMILES string of the molecule is COc1ccc(NC(=O)N/N=C/c2ccc(O)c([N+](=O)[O-])c2)cc1. The summed E-state index contributed by atoms with van der Waals surface area (Å²) in [4.78, 5) is 21.7. The van der Waals surface area contributed by atoms with Crippen LogP contribution in [0.4, 0.5) is 16.2 Å². The second kappa shape index (κ2) is 7.58. The molecule has 2 amide bonds. The first-order valence-electron chi connectivity index (χ1n) is 6.71. The van der Waals surface area contributed by atoms with E-state index in [1.165, 1.54) is 25.5 Å². The minimum Gasteiger partial charge on any atom is -0.502 e. The summed E-state index contributed by atoms with van der Waals surface area (Å²) in [6.45, 7) is 0. The zero-order valence-corrected chi connectivity index (χ0v) is 12.6. The molecule has 0 radical (unpaired) electrons. The molecule has 0 aliphatic carbocycles. The van der Waals surface area contributed by atoms with Crippen LogP contribution in [0.3, 0.4) is 0 Å². The Bertz CT molecular complexity index is 774.